The minimum atomic E-state index is -3.46. The number of hydrogen-bond donors (Lipinski definition) is 2. The van der Waals surface area contributed by atoms with Crippen LogP contribution in [0.1, 0.15) is 31.4 Å². The van der Waals surface area contributed by atoms with Crippen LogP contribution in [0.3, 0.4) is 0 Å². The molecule has 1 aliphatic heterocycles. The standard InChI is InChI=1S/C21H22F2N4O3/c1-3-6-16(14-8-10-15(11-9-14)30-21(22,23)4-2)26-20(29)27-13-18(28)25-17-7-5-12-24-19(17)27/h4-5,7-12,16H,2-3,6,13H2,1H3,(H,25,28)(H,26,29). The third-order valence-electron chi connectivity index (χ3n) is 4.51. The van der Waals surface area contributed by atoms with E-state index in [1.54, 1.807) is 24.3 Å². The molecule has 0 aliphatic carbocycles. The number of aromatic nitrogens is 1. The van der Waals surface area contributed by atoms with E-state index in [-0.39, 0.29) is 24.2 Å². The molecular weight excluding hydrogens is 394 g/mol. The molecule has 0 spiro atoms. The van der Waals surface area contributed by atoms with Crippen molar-refractivity contribution in [3.8, 4) is 5.75 Å². The lowest BCUT2D eigenvalue weighted by Gasteiger charge is -2.30. The highest BCUT2D eigenvalue weighted by atomic mass is 19.3. The number of nitrogens with one attached hydrogen (secondary N) is 2. The lowest BCUT2D eigenvalue weighted by molar-refractivity contribution is -0.131. The van der Waals surface area contributed by atoms with Gasteiger partial charge in [-0.3, -0.25) is 9.69 Å². The Labute approximate surface area is 172 Å². The number of halogens is 2. The molecule has 1 aromatic carbocycles. The average molecular weight is 416 g/mol. The summed E-state index contributed by atoms with van der Waals surface area (Å²) in [4.78, 5) is 30.3. The van der Waals surface area contributed by atoms with E-state index in [4.69, 9.17) is 0 Å². The summed E-state index contributed by atoms with van der Waals surface area (Å²) in [5, 5.41) is 5.59. The first-order valence-electron chi connectivity index (χ1n) is 9.46. The molecule has 30 heavy (non-hydrogen) atoms. The maximum absolute atomic E-state index is 13.3. The van der Waals surface area contributed by atoms with Crippen LogP contribution in [0.25, 0.3) is 0 Å². The summed E-state index contributed by atoms with van der Waals surface area (Å²) in [5.41, 5.74) is 1.18. The molecule has 1 atom stereocenters. The van der Waals surface area contributed by atoms with Crippen LogP contribution in [0.15, 0.2) is 55.3 Å². The molecule has 1 aliphatic rings. The first-order valence-corrected chi connectivity index (χ1v) is 9.46. The van der Waals surface area contributed by atoms with Crippen LogP contribution in [0.5, 0.6) is 5.75 Å². The smallest absolute Gasteiger partial charge is 0.419 e. The summed E-state index contributed by atoms with van der Waals surface area (Å²) in [6.45, 7) is 4.85. The largest absolute Gasteiger partial charge is 0.429 e. The van der Waals surface area contributed by atoms with E-state index in [0.717, 1.165) is 12.0 Å². The van der Waals surface area contributed by atoms with Crippen LogP contribution in [0.2, 0.25) is 0 Å². The van der Waals surface area contributed by atoms with Crippen molar-refractivity contribution in [1.82, 2.24) is 10.3 Å². The summed E-state index contributed by atoms with van der Waals surface area (Å²) in [5.74, 6) is 0.0265. The fourth-order valence-corrected chi connectivity index (χ4v) is 3.09. The van der Waals surface area contributed by atoms with Gasteiger partial charge in [0.15, 0.2) is 5.82 Å². The van der Waals surface area contributed by atoms with Gasteiger partial charge >= 0.3 is 12.1 Å². The average Bonchev–Trinajstić information content (AvgIpc) is 2.73. The van der Waals surface area contributed by atoms with Gasteiger partial charge in [0.2, 0.25) is 5.91 Å². The first-order chi connectivity index (χ1) is 14.3. The molecule has 3 rings (SSSR count). The van der Waals surface area contributed by atoms with Crippen molar-refractivity contribution in [3.05, 3.63) is 60.8 Å². The van der Waals surface area contributed by atoms with Crippen LogP contribution in [-0.4, -0.2) is 29.6 Å². The number of alkyl halides is 2. The molecule has 2 aromatic rings. The molecule has 2 heterocycles. The molecule has 3 amide bonds. The van der Waals surface area contributed by atoms with Crippen molar-refractivity contribution in [3.63, 3.8) is 0 Å². The van der Waals surface area contributed by atoms with Crippen molar-refractivity contribution in [2.24, 2.45) is 0 Å². The molecule has 0 saturated carbocycles. The molecule has 158 valence electrons. The second-order valence-electron chi connectivity index (χ2n) is 6.74. The third kappa shape index (κ3) is 4.91. The van der Waals surface area contributed by atoms with Gasteiger partial charge in [0.05, 0.1) is 11.7 Å². The van der Waals surface area contributed by atoms with E-state index in [9.17, 15) is 18.4 Å². The number of carbonyl (C=O) groups excluding carboxylic acids is 2. The summed E-state index contributed by atoms with van der Waals surface area (Å²) < 4.78 is 31.2. The number of urea groups is 1. The van der Waals surface area contributed by atoms with Gasteiger partial charge < -0.3 is 15.4 Å². The summed E-state index contributed by atoms with van der Waals surface area (Å²) in [6.07, 6.45) is -0.121. The van der Waals surface area contributed by atoms with Crippen LogP contribution in [0, 0.1) is 0 Å². The molecule has 0 fully saturated rings. The molecule has 9 heteroatoms. The van der Waals surface area contributed by atoms with Crippen molar-refractivity contribution in [2.45, 2.75) is 31.9 Å². The van der Waals surface area contributed by atoms with Gasteiger partial charge in [0.1, 0.15) is 12.3 Å². The predicted molar refractivity (Wildman–Crippen MR) is 109 cm³/mol. The molecule has 1 unspecified atom stereocenters. The fourth-order valence-electron chi connectivity index (χ4n) is 3.09. The van der Waals surface area contributed by atoms with E-state index < -0.39 is 12.1 Å². The van der Waals surface area contributed by atoms with Crippen molar-refractivity contribution in [2.75, 3.05) is 16.8 Å². The highest BCUT2D eigenvalue weighted by Crippen LogP contribution is 2.28. The molecule has 0 bridgehead atoms. The lowest BCUT2D eigenvalue weighted by Crippen LogP contribution is -2.48. The number of ether oxygens (including phenoxy) is 1. The van der Waals surface area contributed by atoms with Gasteiger partial charge in [-0.1, -0.05) is 32.1 Å². The van der Waals surface area contributed by atoms with Crippen molar-refractivity contribution in [1.29, 1.82) is 0 Å². The first kappa shape index (κ1) is 21.2. The zero-order valence-electron chi connectivity index (χ0n) is 16.4. The molecule has 2 N–H and O–H groups in total. The summed E-state index contributed by atoms with van der Waals surface area (Å²) in [6, 6.07) is 8.53. The number of benzene rings is 1. The topological polar surface area (TPSA) is 83.6 Å². The van der Waals surface area contributed by atoms with Crippen LogP contribution >= 0.6 is 0 Å². The molecular formula is C21H22F2N4O3. The van der Waals surface area contributed by atoms with Gasteiger partial charge in [-0.05, 0) is 36.2 Å². The number of nitrogens with zero attached hydrogens (tertiary/aromatic N) is 2. The fraction of sp³-hybridized carbons (Fsp3) is 0.286. The second kappa shape index (κ2) is 8.89. The maximum Gasteiger partial charge on any atom is 0.419 e. The summed E-state index contributed by atoms with van der Waals surface area (Å²) in [7, 11) is 0. The number of rotatable bonds is 7. The number of fused-ring (bicyclic) bond motifs is 1. The molecule has 0 saturated heterocycles. The maximum atomic E-state index is 13.3. The van der Waals surface area contributed by atoms with E-state index in [2.05, 4.69) is 26.9 Å². The monoisotopic (exact) mass is 416 g/mol. The predicted octanol–water partition coefficient (Wildman–Crippen LogP) is 4.25. The minimum absolute atomic E-state index is 0.0175. The second-order valence-corrected chi connectivity index (χ2v) is 6.74. The lowest BCUT2D eigenvalue weighted by atomic mass is 10.0. The zero-order valence-corrected chi connectivity index (χ0v) is 16.4. The van der Waals surface area contributed by atoms with E-state index >= 15 is 0 Å². The van der Waals surface area contributed by atoms with E-state index in [0.29, 0.717) is 24.0 Å². The van der Waals surface area contributed by atoms with E-state index in [1.165, 1.54) is 23.2 Å². The number of pyridine rings is 1. The molecule has 0 radical (unpaired) electrons. The van der Waals surface area contributed by atoms with Crippen LogP contribution in [-0.2, 0) is 4.79 Å². The SMILES string of the molecule is C=CC(F)(F)Oc1ccc(C(CCC)NC(=O)N2CC(=O)Nc3cccnc32)cc1. The number of amides is 3. The minimum Gasteiger partial charge on any atom is -0.429 e. The Hall–Kier alpha value is -3.49. The number of carbonyl (C=O) groups is 2. The third-order valence-corrected chi connectivity index (χ3v) is 4.51. The highest BCUT2D eigenvalue weighted by molar-refractivity contribution is 6.08. The number of anilines is 2. The Morgan fingerprint density at radius 1 is 1.40 bits per heavy atom. The van der Waals surface area contributed by atoms with Gasteiger partial charge in [-0.15, -0.1) is 0 Å². The van der Waals surface area contributed by atoms with Crippen LogP contribution < -0.4 is 20.3 Å². The van der Waals surface area contributed by atoms with Crippen molar-refractivity contribution >= 4 is 23.4 Å². The normalized spacial score (nSPS) is 14.4. The Balaban J connectivity index is 1.77. The van der Waals surface area contributed by atoms with Gasteiger partial charge in [0, 0.05) is 12.3 Å². The van der Waals surface area contributed by atoms with Gasteiger partial charge in [-0.2, -0.15) is 8.78 Å². The zero-order chi connectivity index (χ0) is 21.7. The van der Waals surface area contributed by atoms with Gasteiger partial charge in [-0.25, -0.2) is 9.78 Å². The Bertz CT molecular complexity index is 934. The highest BCUT2D eigenvalue weighted by Gasteiger charge is 2.30. The quantitative estimate of drug-likeness (QED) is 0.661. The van der Waals surface area contributed by atoms with Crippen LogP contribution in [0.4, 0.5) is 25.1 Å². The van der Waals surface area contributed by atoms with Crippen molar-refractivity contribution < 1.29 is 23.1 Å². The number of hydrogen-bond acceptors (Lipinski definition) is 4. The Morgan fingerprint density at radius 2 is 2.13 bits per heavy atom. The Morgan fingerprint density at radius 3 is 2.80 bits per heavy atom. The van der Waals surface area contributed by atoms with E-state index in [1.807, 2.05) is 6.92 Å². The van der Waals surface area contributed by atoms with Gasteiger partial charge in [0.25, 0.3) is 0 Å². The Kier molecular flexibility index (Phi) is 6.29. The molecule has 1 aromatic heterocycles. The molecule has 7 nitrogen and oxygen atoms in total. The summed E-state index contributed by atoms with van der Waals surface area (Å²) >= 11 is 0.